The van der Waals surface area contributed by atoms with Gasteiger partial charge in [-0.3, -0.25) is 4.79 Å². The molecule has 7 nitrogen and oxygen atoms in total. The number of hydrogen-bond donors (Lipinski definition) is 1. The van der Waals surface area contributed by atoms with Crippen molar-refractivity contribution >= 4 is 11.9 Å². The summed E-state index contributed by atoms with van der Waals surface area (Å²) in [5, 5.41) is 4.26. The summed E-state index contributed by atoms with van der Waals surface area (Å²) in [5.41, 5.74) is -9.06. The van der Waals surface area contributed by atoms with Crippen LogP contribution < -0.4 is 10.1 Å². The van der Waals surface area contributed by atoms with Crippen LogP contribution in [0.5, 0.6) is 5.75 Å². The minimum absolute atomic E-state index is 0.00259. The van der Waals surface area contributed by atoms with Gasteiger partial charge in [-0.15, -0.1) is 4.91 Å². The molecule has 2 atom stereocenters. The smallest absolute Gasteiger partial charge is 0.430 e. The fourth-order valence-electron chi connectivity index (χ4n) is 2.88. The van der Waals surface area contributed by atoms with E-state index < -0.39 is 46.9 Å². The van der Waals surface area contributed by atoms with Crippen molar-refractivity contribution in [2.24, 2.45) is 11.1 Å². The summed E-state index contributed by atoms with van der Waals surface area (Å²) in [6.07, 6.45) is -12.4. The zero-order valence-corrected chi connectivity index (χ0v) is 16.4. The van der Waals surface area contributed by atoms with Gasteiger partial charge in [0.25, 0.3) is 0 Å². The van der Waals surface area contributed by atoms with Crippen molar-refractivity contribution in [2.75, 3.05) is 6.54 Å². The number of rotatable bonds is 7. The zero-order chi connectivity index (χ0) is 23.8. The Bertz CT molecular complexity index is 832. The van der Waals surface area contributed by atoms with Crippen molar-refractivity contribution in [1.29, 1.82) is 0 Å². The third kappa shape index (κ3) is 4.65. The van der Waals surface area contributed by atoms with Gasteiger partial charge >= 0.3 is 29.8 Å². The lowest BCUT2D eigenvalue weighted by Gasteiger charge is -2.41. The Balaban J connectivity index is 2.20. The number of ether oxygens (including phenoxy) is 2. The summed E-state index contributed by atoms with van der Waals surface area (Å²) in [6, 6.07) is 4.19. The van der Waals surface area contributed by atoms with E-state index in [1.165, 1.54) is 5.18 Å². The van der Waals surface area contributed by atoms with Crippen LogP contribution in [0, 0.1) is 10.8 Å². The van der Waals surface area contributed by atoms with Crippen LogP contribution in [-0.2, 0) is 9.53 Å². The molecule has 2 unspecified atom stereocenters. The van der Waals surface area contributed by atoms with Crippen LogP contribution in [0.25, 0.3) is 0 Å². The third-order valence-corrected chi connectivity index (χ3v) is 4.90. The van der Waals surface area contributed by atoms with Gasteiger partial charge in [0.2, 0.25) is 0 Å². The molecule has 1 heterocycles. The number of halogens is 6. The molecule has 0 radical (unpaired) electrons. The van der Waals surface area contributed by atoms with Gasteiger partial charge in [0, 0.05) is 12.6 Å². The van der Waals surface area contributed by atoms with Crippen molar-refractivity contribution in [3.8, 4) is 5.75 Å². The van der Waals surface area contributed by atoms with E-state index in [9.17, 15) is 40.8 Å². The van der Waals surface area contributed by atoms with Crippen LogP contribution in [0.3, 0.4) is 0 Å². The highest BCUT2D eigenvalue weighted by Gasteiger charge is 2.81. The Morgan fingerprint density at radius 3 is 1.94 bits per heavy atom. The number of benzene rings is 1. The van der Waals surface area contributed by atoms with E-state index in [1.54, 1.807) is 6.92 Å². The molecule has 0 saturated carbocycles. The summed E-state index contributed by atoms with van der Waals surface area (Å²) >= 11 is 0. The fraction of sp³-hybridized carbons (Fsp3) is 0.556. The molecule has 2 rings (SSSR count). The first-order chi connectivity index (χ1) is 14.1. The SMILES string of the molecule is CC(C(=O)Oc1ccc(C(=O)OC(C)(C)C(N=O)(C(F)(F)F)C(F)(F)F)cc1)C1CN1. The molecule has 1 aromatic carbocycles. The molecule has 1 aromatic rings. The second-order valence-electron chi connectivity index (χ2n) is 7.45. The number of esters is 2. The standard InChI is InChI=1S/C18H18F6N2O5/c1-9(12-8-25-12)13(27)30-11-6-4-10(5-7-11)14(28)31-15(2,3)16(26-29,17(19,20)21)18(22,23)24/h4-7,9,12,25H,8H2,1-3H3. The monoisotopic (exact) mass is 456 g/mol. The third-order valence-electron chi connectivity index (χ3n) is 4.90. The maximum Gasteiger partial charge on any atom is 0.430 e. The minimum Gasteiger partial charge on any atom is -0.453 e. The molecule has 0 bridgehead atoms. The Kier molecular flexibility index (Phi) is 6.41. The molecule has 0 aromatic heterocycles. The number of carbonyl (C=O) groups is 2. The first-order valence-corrected chi connectivity index (χ1v) is 8.84. The maximum absolute atomic E-state index is 13.3. The van der Waals surface area contributed by atoms with Gasteiger partial charge in [-0.25, -0.2) is 4.79 Å². The molecule has 1 N–H and O–H groups in total. The summed E-state index contributed by atoms with van der Waals surface area (Å²) in [6.45, 7) is 2.87. The zero-order valence-electron chi connectivity index (χ0n) is 16.4. The van der Waals surface area contributed by atoms with E-state index in [1.807, 2.05) is 0 Å². The topological polar surface area (TPSA) is 104 Å². The van der Waals surface area contributed by atoms with Crippen LogP contribution in [-0.4, -0.2) is 48.0 Å². The number of nitrogens with zero attached hydrogens (tertiary/aromatic N) is 1. The number of alkyl halides is 6. The van der Waals surface area contributed by atoms with Gasteiger partial charge in [-0.1, -0.05) is 6.92 Å². The van der Waals surface area contributed by atoms with Gasteiger partial charge in [0.15, 0.2) is 5.60 Å². The Morgan fingerprint density at radius 1 is 1.06 bits per heavy atom. The summed E-state index contributed by atoms with van der Waals surface area (Å²) in [7, 11) is 0. The van der Waals surface area contributed by atoms with Crippen LogP contribution in [0.1, 0.15) is 31.1 Å². The number of nitroso groups, excluding NO2 is 1. The number of carbonyl (C=O) groups excluding carboxylic acids is 2. The lowest BCUT2D eigenvalue weighted by molar-refractivity contribution is -0.332. The van der Waals surface area contributed by atoms with E-state index in [0.29, 0.717) is 6.54 Å². The summed E-state index contributed by atoms with van der Waals surface area (Å²) in [4.78, 5) is 34.9. The van der Waals surface area contributed by atoms with E-state index in [-0.39, 0.29) is 25.6 Å². The van der Waals surface area contributed by atoms with Crippen LogP contribution >= 0.6 is 0 Å². The summed E-state index contributed by atoms with van der Waals surface area (Å²) < 4.78 is 89.1. The van der Waals surface area contributed by atoms with Crippen LogP contribution in [0.15, 0.2) is 29.4 Å². The van der Waals surface area contributed by atoms with Gasteiger partial charge in [0.1, 0.15) is 5.75 Å². The molecule has 31 heavy (non-hydrogen) atoms. The Morgan fingerprint density at radius 2 is 1.55 bits per heavy atom. The van der Waals surface area contributed by atoms with E-state index in [2.05, 4.69) is 10.1 Å². The van der Waals surface area contributed by atoms with Crippen molar-refractivity contribution in [3.63, 3.8) is 0 Å². The number of hydrogen-bond acceptors (Lipinski definition) is 7. The molecule has 13 heteroatoms. The molecule has 1 fully saturated rings. The second-order valence-corrected chi connectivity index (χ2v) is 7.45. The van der Waals surface area contributed by atoms with Crippen molar-refractivity contribution in [3.05, 3.63) is 34.7 Å². The van der Waals surface area contributed by atoms with Crippen molar-refractivity contribution in [1.82, 2.24) is 5.32 Å². The molecular formula is C18H18F6N2O5. The normalized spacial score (nSPS) is 18.2. The van der Waals surface area contributed by atoms with Crippen LogP contribution in [0.2, 0.25) is 0 Å². The molecule has 0 amide bonds. The molecule has 0 aliphatic carbocycles. The molecule has 0 spiro atoms. The van der Waals surface area contributed by atoms with Gasteiger partial charge in [-0.2, -0.15) is 26.3 Å². The molecule has 1 saturated heterocycles. The van der Waals surface area contributed by atoms with Crippen LogP contribution in [0.4, 0.5) is 26.3 Å². The van der Waals surface area contributed by atoms with Gasteiger partial charge < -0.3 is 14.8 Å². The second kappa shape index (κ2) is 8.09. The average Bonchev–Trinajstić information content (AvgIpc) is 3.44. The van der Waals surface area contributed by atoms with Crippen molar-refractivity contribution < 1.29 is 45.4 Å². The molecule has 1 aliphatic rings. The molecule has 1 aliphatic heterocycles. The Labute approximate surface area is 172 Å². The predicted octanol–water partition coefficient (Wildman–Crippen LogP) is 3.77. The Hall–Kier alpha value is -2.70. The quantitative estimate of drug-likeness (QED) is 0.220. The van der Waals surface area contributed by atoms with E-state index >= 15 is 0 Å². The highest BCUT2D eigenvalue weighted by atomic mass is 19.4. The first-order valence-electron chi connectivity index (χ1n) is 8.84. The number of nitrogens with one attached hydrogen (secondary N) is 1. The molecular weight excluding hydrogens is 438 g/mol. The van der Waals surface area contributed by atoms with Gasteiger partial charge in [0.05, 0.1) is 11.5 Å². The summed E-state index contributed by atoms with van der Waals surface area (Å²) in [5.74, 6) is -2.58. The van der Waals surface area contributed by atoms with Crippen molar-refractivity contribution in [2.45, 2.75) is 50.3 Å². The maximum atomic E-state index is 13.3. The van der Waals surface area contributed by atoms with E-state index in [4.69, 9.17) is 4.74 Å². The fourth-order valence-corrected chi connectivity index (χ4v) is 2.88. The largest absolute Gasteiger partial charge is 0.453 e. The van der Waals surface area contributed by atoms with Gasteiger partial charge in [-0.05, 0) is 43.3 Å². The lowest BCUT2D eigenvalue weighted by Crippen LogP contribution is -2.68. The highest BCUT2D eigenvalue weighted by molar-refractivity contribution is 5.90. The lowest BCUT2D eigenvalue weighted by atomic mass is 9.81. The average molecular weight is 456 g/mol. The minimum atomic E-state index is -6.19. The predicted molar refractivity (Wildman–Crippen MR) is 93.2 cm³/mol. The molecule has 172 valence electrons. The first kappa shape index (κ1) is 24.6. The van der Waals surface area contributed by atoms with E-state index in [0.717, 1.165) is 24.3 Å². The highest BCUT2D eigenvalue weighted by Crippen LogP contribution is 2.53.